The summed E-state index contributed by atoms with van der Waals surface area (Å²) in [5.74, 6) is 1.38. The Labute approximate surface area is 198 Å². The maximum atomic E-state index is 14.1. The molecule has 3 heterocycles. The van der Waals surface area contributed by atoms with Crippen LogP contribution in [0.5, 0.6) is 22.4 Å². The highest BCUT2D eigenvalue weighted by molar-refractivity contribution is 7.15. The van der Waals surface area contributed by atoms with Gasteiger partial charge in [0.05, 0.1) is 26.0 Å². The average Bonchev–Trinajstić information content (AvgIpc) is 3.54. The molecule has 1 amide bonds. The molecule has 0 saturated carbocycles. The van der Waals surface area contributed by atoms with Crippen molar-refractivity contribution in [1.29, 1.82) is 0 Å². The number of thiazole rings is 1. The van der Waals surface area contributed by atoms with Crippen molar-refractivity contribution in [1.82, 2.24) is 15.5 Å². The van der Waals surface area contributed by atoms with Crippen LogP contribution < -0.4 is 19.5 Å². The fourth-order valence-corrected chi connectivity index (χ4v) is 4.44. The summed E-state index contributed by atoms with van der Waals surface area (Å²) in [6, 6.07) is 12.0. The molecule has 2 aromatic carbocycles. The van der Waals surface area contributed by atoms with Crippen LogP contribution in [-0.2, 0) is 13.0 Å². The first kappa shape index (κ1) is 21.9. The minimum atomic E-state index is -0.410. The van der Waals surface area contributed by atoms with Crippen molar-refractivity contribution in [3.05, 3.63) is 82.4 Å². The van der Waals surface area contributed by atoms with Gasteiger partial charge in [-0.2, -0.15) is 0 Å². The second-order valence-electron chi connectivity index (χ2n) is 7.53. The van der Waals surface area contributed by atoms with Gasteiger partial charge in [-0.15, -0.1) is 0 Å². The molecule has 0 saturated heterocycles. The second-order valence-corrected chi connectivity index (χ2v) is 8.52. The van der Waals surface area contributed by atoms with Gasteiger partial charge in [-0.1, -0.05) is 28.6 Å². The number of carbonyl (C=O) groups excluding carboxylic acids is 1. The SMILES string of the molecule is COc1c(F)cccc1C1CCc2cc(Oc3ncc(C(=O)NCc4ccno4)s3)ccc2O1. The van der Waals surface area contributed by atoms with Crippen molar-refractivity contribution in [3.8, 4) is 22.4 Å². The Balaban J connectivity index is 1.24. The average molecular weight is 482 g/mol. The first-order chi connectivity index (χ1) is 16.6. The maximum absolute atomic E-state index is 14.1. The number of hydrogen-bond acceptors (Lipinski definition) is 8. The monoisotopic (exact) mass is 481 g/mol. The summed E-state index contributed by atoms with van der Waals surface area (Å²) in [4.78, 5) is 16.9. The number of amides is 1. The van der Waals surface area contributed by atoms with Crippen LogP contribution in [0.4, 0.5) is 4.39 Å². The van der Waals surface area contributed by atoms with Gasteiger partial charge in [0.1, 0.15) is 22.5 Å². The predicted molar refractivity (Wildman–Crippen MR) is 121 cm³/mol. The van der Waals surface area contributed by atoms with Crippen LogP contribution in [0.25, 0.3) is 0 Å². The van der Waals surface area contributed by atoms with Gasteiger partial charge in [0.2, 0.25) is 0 Å². The number of benzene rings is 2. The van der Waals surface area contributed by atoms with E-state index in [1.54, 1.807) is 18.2 Å². The summed E-state index contributed by atoms with van der Waals surface area (Å²) in [5, 5.41) is 6.69. The Hall–Kier alpha value is -3.92. The van der Waals surface area contributed by atoms with Gasteiger partial charge in [0.25, 0.3) is 11.1 Å². The van der Waals surface area contributed by atoms with Gasteiger partial charge >= 0.3 is 0 Å². The summed E-state index contributed by atoms with van der Waals surface area (Å²) >= 11 is 1.14. The van der Waals surface area contributed by atoms with Crippen LogP contribution in [0.3, 0.4) is 0 Å². The third-order valence-corrected chi connectivity index (χ3v) is 6.23. The summed E-state index contributed by atoms with van der Waals surface area (Å²) in [7, 11) is 1.45. The Morgan fingerprint density at radius 2 is 2.21 bits per heavy atom. The molecule has 34 heavy (non-hydrogen) atoms. The molecular weight excluding hydrogens is 461 g/mol. The number of aryl methyl sites for hydroxylation is 1. The molecule has 0 radical (unpaired) electrons. The van der Waals surface area contributed by atoms with E-state index in [-0.39, 0.29) is 24.3 Å². The molecule has 1 aliphatic heterocycles. The molecule has 8 nitrogen and oxygen atoms in total. The van der Waals surface area contributed by atoms with Crippen LogP contribution in [-0.4, -0.2) is 23.2 Å². The predicted octanol–water partition coefficient (Wildman–Crippen LogP) is 5.07. The lowest BCUT2D eigenvalue weighted by molar-refractivity contribution is 0.0951. The molecule has 174 valence electrons. The summed E-state index contributed by atoms with van der Waals surface area (Å²) < 4.78 is 36.3. The summed E-state index contributed by atoms with van der Waals surface area (Å²) in [6.07, 6.45) is 4.07. The molecule has 10 heteroatoms. The van der Waals surface area contributed by atoms with Crippen LogP contribution in [0.15, 0.2) is 59.4 Å². The van der Waals surface area contributed by atoms with Crippen LogP contribution in [0.2, 0.25) is 0 Å². The Morgan fingerprint density at radius 3 is 3.03 bits per heavy atom. The fourth-order valence-electron chi connectivity index (χ4n) is 3.74. The van der Waals surface area contributed by atoms with E-state index in [1.165, 1.54) is 25.6 Å². The van der Waals surface area contributed by atoms with Crippen molar-refractivity contribution >= 4 is 17.2 Å². The number of methoxy groups -OCH3 is 1. The zero-order chi connectivity index (χ0) is 23.5. The number of carbonyl (C=O) groups is 1. The van der Waals surface area contributed by atoms with Crippen LogP contribution in [0.1, 0.15) is 39.1 Å². The second kappa shape index (κ2) is 9.52. The Bertz CT molecular complexity index is 1310. The van der Waals surface area contributed by atoms with Gasteiger partial charge in [-0.3, -0.25) is 4.79 Å². The van der Waals surface area contributed by atoms with Gasteiger partial charge in [-0.25, -0.2) is 9.37 Å². The van der Waals surface area contributed by atoms with Crippen LogP contribution >= 0.6 is 11.3 Å². The molecule has 1 atom stereocenters. The molecule has 0 fully saturated rings. The lowest BCUT2D eigenvalue weighted by atomic mass is 9.96. The van der Waals surface area contributed by atoms with Crippen molar-refractivity contribution < 1.29 is 27.9 Å². The standard InChI is InChI=1S/C24H20FN3O5S/c1-30-22-17(3-2-4-18(22)25)20-7-5-14-11-15(6-8-19(14)32-20)31-24-27-13-21(34-24)23(29)26-12-16-9-10-28-33-16/h2-4,6,8-11,13,20H,5,7,12H2,1H3,(H,26,29). The molecule has 4 aromatic rings. The first-order valence-corrected chi connectivity index (χ1v) is 11.4. The van der Waals surface area contributed by atoms with Crippen molar-refractivity contribution in [2.24, 2.45) is 0 Å². The number of aromatic nitrogens is 2. The highest BCUT2D eigenvalue weighted by Gasteiger charge is 2.26. The van der Waals surface area contributed by atoms with E-state index >= 15 is 0 Å². The third kappa shape index (κ3) is 4.58. The number of halogens is 1. The zero-order valence-corrected chi connectivity index (χ0v) is 18.9. The summed E-state index contributed by atoms with van der Waals surface area (Å²) in [6.45, 7) is 0.236. The zero-order valence-electron chi connectivity index (χ0n) is 18.1. The normalized spacial score (nSPS) is 14.7. The number of hydrogen-bond donors (Lipinski definition) is 1. The van der Waals surface area contributed by atoms with E-state index in [4.69, 9.17) is 18.7 Å². The van der Waals surface area contributed by atoms with Gasteiger partial charge in [-0.05, 0) is 42.7 Å². The van der Waals surface area contributed by atoms with E-state index in [0.717, 1.165) is 23.3 Å². The van der Waals surface area contributed by atoms with Gasteiger partial charge in [0.15, 0.2) is 17.3 Å². The molecule has 1 unspecified atom stereocenters. The van der Waals surface area contributed by atoms with E-state index in [0.29, 0.717) is 39.3 Å². The molecular formula is C24H20FN3O5S. The minimum Gasteiger partial charge on any atom is -0.493 e. The lowest BCUT2D eigenvalue weighted by Crippen LogP contribution is -2.21. The quantitative estimate of drug-likeness (QED) is 0.394. The Kier molecular flexibility index (Phi) is 6.13. The molecule has 0 spiro atoms. The molecule has 0 bridgehead atoms. The number of rotatable bonds is 7. The van der Waals surface area contributed by atoms with E-state index in [9.17, 15) is 9.18 Å². The molecule has 5 rings (SSSR count). The number of ether oxygens (including phenoxy) is 3. The minimum absolute atomic E-state index is 0.209. The highest BCUT2D eigenvalue weighted by Crippen LogP contribution is 2.40. The van der Waals surface area contributed by atoms with Crippen LogP contribution in [0, 0.1) is 5.82 Å². The number of para-hydroxylation sites is 1. The number of nitrogens with zero attached hydrogens (tertiary/aromatic N) is 2. The van der Waals surface area contributed by atoms with Gasteiger partial charge < -0.3 is 24.1 Å². The topological polar surface area (TPSA) is 95.7 Å². The lowest BCUT2D eigenvalue weighted by Gasteiger charge is -2.27. The van der Waals surface area contributed by atoms with Crippen molar-refractivity contribution in [2.45, 2.75) is 25.5 Å². The van der Waals surface area contributed by atoms with Crippen molar-refractivity contribution in [2.75, 3.05) is 7.11 Å². The smallest absolute Gasteiger partial charge is 0.279 e. The molecule has 1 N–H and O–H groups in total. The summed E-state index contributed by atoms with van der Waals surface area (Å²) in [5.41, 5.74) is 1.66. The highest BCUT2D eigenvalue weighted by atomic mass is 32.1. The largest absolute Gasteiger partial charge is 0.493 e. The molecule has 2 aromatic heterocycles. The molecule has 1 aliphatic rings. The third-order valence-electron chi connectivity index (χ3n) is 5.35. The van der Waals surface area contributed by atoms with E-state index in [2.05, 4.69) is 15.5 Å². The van der Waals surface area contributed by atoms with E-state index < -0.39 is 5.82 Å². The number of fused-ring (bicyclic) bond motifs is 1. The maximum Gasteiger partial charge on any atom is 0.279 e. The van der Waals surface area contributed by atoms with E-state index in [1.807, 2.05) is 18.2 Å². The van der Waals surface area contributed by atoms with Crippen molar-refractivity contribution in [3.63, 3.8) is 0 Å². The fraction of sp³-hybridized carbons (Fsp3) is 0.208. The number of nitrogens with one attached hydrogen (secondary N) is 1. The first-order valence-electron chi connectivity index (χ1n) is 10.5. The van der Waals surface area contributed by atoms with Gasteiger partial charge in [0, 0.05) is 11.6 Å². The Morgan fingerprint density at radius 1 is 1.29 bits per heavy atom. The molecule has 0 aliphatic carbocycles.